The number of benzene rings is 1. The van der Waals surface area contributed by atoms with Crippen molar-refractivity contribution in [3.63, 3.8) is 0 Å². The molecule has 1 amide bonds. The zero-order valence-corrected chi connectivity index (χ0v) is 11.4. The van der Waals surface area contributed by atoms with Crippen molar-refractivity contribution >= 4 is 17.5 Å². The molecular formula is C13H11ClF3N3O. The van der Waals surface area contributed by atoms with Crippen LogP contribution in [-0.2, 0) is 24.1 Å². The molecule has 112 valence electrons. The van der Waals surface area contributed by atoms with Gasteiger partial charge in [-0.3, -0.25) is 9.48 Å². The van der Waals surface area contributed by atoms with E-state index in [4.69, 9.17) is 11.6 Å². The lowest BCUT2D eigenvalue weighted by molar-refractivity contribution is -0.141. The number of amides is 1. The van der Waals surface area contributed by atoms with Crippen LogP contribution in [0.15, 0.2) is 36.5 Å². The number of alkyl halides is 3. The summed E-state index contributed by atoms with van der Waals surface area (Å²) in [5.74, 6) is -0.429. The highest BCUT2D eigenvalue weighted by molar-refractivity contribution is 6.30. The smallest absolute Gasteiger partial charge is 0.350 e. The Labute approximate surface area is 123 Å². The number of carbonyl (C=O) groups excluding carboxylic acids is 1. The van der Waals surface area contributed by atoms with Gasteiger partial charge < -0.3 is 5.32 Å². The third-order valence-corrected chi connectivity index (χ3v) is 2.89. The lowest BCUT2D eigenvalue weighted by atomic mass is 10.2. The normalized spacial score (nSPS) is 11.4. The van der Waals surface area contributed by atoms with Crippen LogP contribution in [0.1, 0.15) is 11.3 Å². The Balaban J connectivity index is 1.87. The first kappa shape index (κ1) is 15.4. The van der Waals surface area contributed by atoms with E-state index >= 15 is 0 Å². The molecule has 2 aromatic rings. The number of halogens is 4. The monoisotopic (exact) mass is 317 g/mol. The number of carbonyl (C=O) groups is 1. The van der Waals surface area contributed by atoms with Crippen molar-refractivity contribution in [3.05, 3.63) is 52.8 Å². The average Bonchev–Trinajstić information content (AvgIpc) is 2.86. The quantitative estimate of drug-likeness (QED) is 0.942. The standard InChI is InChI=1S/C13H11ClF3N3O/c14-10-3-1-9(2-4-10)7-18-12(21)8-20-6-5-11(19-20)13(15,16)17/h1-6H,7-8H2,(H,18,21). The molecule has 0 spiro atoms. The van der Waals surface area contributed by atoms with Gasteiger partial charge in [0.15, 0.2) is 5.69 Å². The molecule has 1 heterocycles. The van der Waals surface area contributed by atoms with Gasteiger partial charge in [0.25, 0.3) is 0 Å². The van der Waals surface area contributed by atoms with Gasteiger partial charge in [0.05, 0.1) is 0 Å². The molecule has 0 aliphatic rings. The topological polar surface area (TPSA) is 46.9 Å². The highest BCUT2D eigenvalue weighted by atomic mass is 35.5. The summed E-state index contributed by atoms with van der Waals surface area (Å²) in [6.07, 6.45) is -3.39. The van der Waals surface area contributed by atoms with Gasteiger partial charge in [-0.2, -0.15) is 18.3 Å². The SMILES string of the molecule is O=C(Cn1ccc(C(F)(F)F)n1)NCc1ccc(Cl)cc1. The first-order chi connectivity index (χ1) is 9.84. The average molecular weight is 318 g/mol. The highest BCUT2D eigenvalue weighted by Gasteiger charge is 2.33. The second-order valence-corrected chi connectivity index (χ2v) is 4.74. The van der Waals surface area contributed by atoms with Crippen molar-refractivity contribution in [1.82, 2.24) is 15.1 Å². The molecular weight excluding hydrogens is 307 g/mol. The van der Waals surface area contributed by atoms with Crippen molar-refractivity contribution in [2.24, 2.45) is 0 Å². The van der Waals surface area contributed by atoms with E-state index in [0.717, 1.165) is 22.5 Å². The molecule has 8 heteroatoms. The zero-order valence-electron chi connectivity index (χ0n) is 10.7. The number of nitrogens with one attached hydrogen (secondary N) is 1. The summed E-state index contributed by atoms with van der Waals surface area (Å²) < 4.78 is 38.0. The molecule has 0 atom stereocenters. The van der Waals surface area contributed by atoms with Crippen LogP contribution in [0.4, 0.5) is 13.2 Å². The Hall–Kier alpha value is -2.02. The fourth-order valence-electron chi connectivity index (χ4n) is 1.61. The largest absolute Gasteiger partial charge is 0.435 e. The van der Waals surface area contributed by atoms with Gasteiger partial charge >= 0.3 is 6.18 Å². The summed E-state index contributed by atoms with van der Waals surface area (Å²) in [6.45, 7) is -0.00688. The molecule has 0 fully saturated rings. The Morgan fingerprint density at radius 1 is 1.24 bits per heavy atom. The second-order valence-electron chi connectivity index (χ2n) is 4.30. The predicted molar refractivity (Wildman–Crippen MR) is 70.5 cm³/mol. The van der Waals surface area contributed by atoms with Crippen LogP contribution >= 0.6 is 11.6 Å². The molecule has 1 aromatic heterocycles. The molecule has 2 rings (SSSR count). The summed E-state index contributed by atoms with van der Waals surface area (Å²) in [5.41, 5.74) is -0.183. The number of aromatic nitrogens is 2. The fraction of sp³-hybridized carbons (Fsp3) is 0.231. The number of hydrogen-bond donors (Lipinski definition) is 1. The van der Waals surface area contributed by atoms with Crippen LogP contribution < -0.4 is 5.32 Å². The van der Waals surface area contributed by atoms with Crippen LogP contribution in [0.5, 0.6) is 0 Å². The fourth-order valence-corrected chi connectivity index (χ4v) is 1.73. The van der Waals surface area contributed by atoms with Crippen LogP contribution in [0.2, 0.25) is 5.02 Å². The van der Waals surface area contributed by atoms with Crippen LogP contribution in [0.3, 0.4) is 0 Å². The van der Waals surface area contributed by atoms with Gasteiger partial charge in [0.2, 0.25) is 5.91 Å². The molecule has 0 saturated heterocycles. The van der Waals surface area contributed by atoms with Crippen molar-refractivity contribution in [1.29, 1.82) is 0 Å². The van der Waals surface area contributed by atoms with E-state index in [-0.39, 0.29) is 13.1 Å². The number of nitrogens with zero attached hydrogens (tertiary/aromatic N) is 2. The maximum Gasteiger partial charge on any atom is 0.435 e. The third kappa shape index (κ3) is 4.49. The summed E-state index contributed by atoms with van der Waals surface area (Å²) in [7, 11) is 0. The number of hydrogen-bond acceptors (Lipinski definition) is 2. The summed E-state index contributed by atoms with van der Waals surface area (Å²) in [4.78, 5) is 11.6. The van der Waals surface area contributed by atoms with E-state index < -0.39 is 17.8 Å². The molecule has 0 radical (unpaired) electrons. The van der Waals surface area contributed by atoms with Crippen molar-refractivity contribution in [2.75, 3.05) is 0 Å². The van der Waals surface area contributed by atoms with Crippen molar-refractivity contribution in [3.8, 4) is 0 Å². The number of rotatable bonds is 4. The van der Waals surface area contributed by atoms with Crippen molar-refractivity contribution in [2.45, 2.75) is 19.3 Å². The molecule has 4 nitrogen and oxygen atoms in total. The second kappa shape index (κ2) is 6.17. The molecule has 0 aliphatic carbocycles. The Bertz CT molecular complexity index is 622. The lowest BCUT2D eigenvalue weighted by Crippen LogP contribution is -2.27. The maximum absolute atomic E-state index is 12.4. The van der Waals surface area contributed by atoms with Gasteiger partial charge in [0, 0.05) is 17.8 Å². The Kier molecular flexibility index (Phi) is 4.52. The van der Waals surface area contributed by atoms with E-state index in [0.29, 0.717) is 5.02 Å². The minimum absolute atomic E-state index is 0.267. The van der Waals surface area contributed by atoms with Gasteiger partial charge in [-0.05, 0) is 23.8 Å². The first-order valence-electron chi connectivity index (χ1n) is 5.96. The first-order valence-corrected chi connectivity index (χ1v) is 6.34. The molecule has 21 heavy (non-hydrogen) atoms. The highest BCUT2D eigenvalue weighted by Crippen LogP contribution is 2.27. The third-order valence-electron chi connectivity index (χ3n) is 2.64. The summed E-state index contributed by atoms with van der Waals surface area (Å²) in [6, 6.07) is 7.70. The van der Waals surface area contributed by atoms with Gasteiger partial charge in [-0.25, -0.2) is 0 Å². The van der Waals surface area contributed by atoms with Crippen LogP contribution in [0, 0.1) is 0 Å². The molecule has 0 unspecified atom stereocenters. The van der Waals surface area contributed by atoms with Gasteiger partial charge in [-0.1, -0.05) is 23.7 Å². The molecule has 0 bridgehead atoms. The Morgan fingerprint density at radius 2 is 1.90 bits per heavy atom. The summed E-state index contributed by atoms with van der Waals surface area (Å²) in [5, 5.41) is 6.48. The molecule has 1 N–H and O–H groups in total. The maximum atomic E-state index is 12.4. The van der Waals surface area contributed by atoms with Crippen LogP contribution in [0.25, 0.3) is 0 Å². The predicted octanol–water partition coefficient (Wildman–Crippen LogP) is 2.87. The van der Waals surface area contributed by atoms with E-state index in [1.54, 1.807) is 24.3 Å². The van der Waals surface area contributed by atoms with Crippen LogP contribution in [-0.4, -0.2) is 15.7 Å². The lowest BCUT2D eigenvalue weighted by Gasteiger charge is -2.06. The minimum Gasteiger partial charge on any atom is -0.350 e. The molecule has 0 saturated carbocycles. The molecule has 0 aliphatic heterocycles. The Morgan fingerprint density at radius 3 is 2.48 bits per heavy atom. The van der Waals surface area contributed by atoms with E-state index in [9.17, 15) is 18.0 Å². The molecule has 1 aromatic carbocycles. The summed E-state index contributed by atoms with van der Waals surface area (Å²) >= 11 is 5.73. The van der Waals surface area contributed by atoms with Gasteiger partial charge in [0.1, 0.15) is 6.54 Å². The van der Waals surface area contributed by atoms with E-state index in [1.165, 1.54) is 0 Å². The minimum atomic E-state index is -4.51. The zero-order chi connectivity index (χ0) is 15.5. The van der Waals surface area contributed by atoms with E-state index in [1.807, 2.05) is 0 Å². The van der Waals surface area contributed by atoms with Crippen molar-refractivity contribution < 1.29 is 18.0 Å². The van der Waals surface area contributed by atoms with E-state index in [2.05, 4.69) is 10.4 Å². The van der Waals surface area contributed by atoms with Gasteiger partial charge in [-0.15, -0.1) is 0 Å².